The van der Waals surface area contributed by atoms with E-state index in [0.717, 1.165) is 11.4 Å². The Labute approximate surface area is 185 Å². The summed E-state index contributed by atoms with van der Waals surface area (Å²) in [5.74, 6) is -0.438. The summed E-state index contributed by atoms with van der Waals surface area (Å²) >= 11 is 0. The second-order valence-corrected chi connectivity index (χ2v) is 15.0. The quantitative estimate of drug-likeness (QED) is 0.644. The average molecular weight is 448 g/mol. The van der Waals surface area contributed by atoms with Crippen LogP contribution in [-0.2, 0) is 14.6 Å². The standard InChI is InChI=1S/C23H34FN3O3Si/c1-15-8-9-16(2)27(15)20-14-25-19(13-26-20)23(21(28)29)11-10-18(17(24)12-23)30-31(6,7)22(3,4)5/h8-9,13-14,17-18H,10-12H2,1-7H3,(H,28,29)/t17-,18?,23+/m0/s1. The fraction of sp³-hybridized carbons (Fsp3) is 0.609. The zero-order valence-electron chi connectivity index (χ0n) is 19.6. The van der Waals surface area contributed by atoms with E-state index in [2.05, 4.69) is 43.8 Å². The van der Waals surface area contributed by atoms with Crippen LogP contribution in [0.15, 0.2) is 24.5 Å². The van der Waals surface area contributed by atoms with Crippen LogP contribution in [0.5, 0.6) is 0 Å². The van der Waals surface area contributed by atoms with Crippen LogP contribution in [0.4, 0.5) is 4.39 Å². The van der Waals surface area contributed by atoms with Crippen molar-refractivity contribution < 1.29 is 18.7 Å². The van der Waals surface area contributed by atoms with Gasteiger partial charge in [0.05, 0.1) is 24.2 Å². The van der Waals surface area contributed by atoms with Crippen molar-refractivity contribution in [1.29, 1.82) is 0 Å². The summed E-state index contributed by atoms with van der Waals surface area (Å²) < 4.78 is 23.5. The molecule has 1 N–H and O–H groups in total. The largest absolute Gasteiger partial charge is 0.481 e. The van der Waals surface area contributed by atoms with Crippen molar-refractivity contribution in [3.05, 3.63) is 41.6 Å². The minimum Gasteiger partial charge on any atom is -0.481 e. The molecule has 0 aliphatic heterocycles. The molecular formula is C23H34FN3O3Si. The van der Waals surface area contributed by atoms with Gasteiger partial charge in [-0.1, -0.05) is 20.8 Å². The number of carboxylic acids is 1. The first-order chi connectivity index (χ1) is 14.3. The molecule has 31 heavy (non-hydrogen) atoms. The molecule has 3 rings (SSSR count). The molecule has 6 nitrogen and oxygen atoms in total. The number of carbonyl (C=O) groups is 1. The summed E-state index contributed by atoms with van der Waals surface area (Å²) in [4.78, 5) is 21.2. The van der Waals surface area contributed by atoms with Gasteiger partial charge in [0.15, 0.2) is 14.1 Å². The maximum Gasteiger partial charge on any atom is 0.315 e. The van der Waals surface area contributed by atoms with Gasteiger partial charge in [-0.2, -0.15) is 0 Å². The topological polar surface area (TPSA) is 77.2 Å². The van der Waals surface area contributed by atoms with Crippen LogP contribution < -0.4 is 0 Å². The summed E-state index contributed by atoms with van der Waals surface area (Å²) in [5, 5.41) is 10.0. The highest BCUT2D eigenvalue weighted by Crippen LogP contribution is 2.44. The minimum atomic E-state index is -2.15. The SMILES string of the molecule is Cc1ccc(C)n1-c1cnc([C@@]2(C(=O)O)CCC(O[Si](C)(C)C(C)(C)C)[C@@H](F)C2)cn1. The third-order valence-electron chi connectivity index (χ3n) is 7.09. The Hall–Kier alpha value is -2.06. The van der Waals surface area contributed by atoms with Gasteiger partial charge >= 0.3 is 5.97 Å². The molecule has 1 aliphatic carbocycles. The molecule has 2 aromatic heterocycles. The molecule has 1 unspecified atom stereocenters. The predicted octanol–water partition coefficient (Wildman–Crippen LogP) is 5.12. The molecule has 0 amide bonds. The van der Waals surface area contributed by atoms with Crippen molar-refractivity contribution in [1.82, 2.24) is 14.5 Å². The first-order valence-electron chi connectivity index (χ1n) is 10.8. The summed E-state index contributed by atoms with van der Waals surface area (Å²) in [6.07, 6.45) is 1.59. The Morgan fingerprint density at radius 2 is 1.84 bits per heavy atom. The fourth-order valence-corrected chi connectivity index (χ4v) is 5.45. The lowest BCUT2D eigenvalue weighted by atomic mass is 9.70. The van der Waals surface area contributed by atoms with E-state index in [4.69, 9.17) is 4.43 Å². The van der Waals surface area contributed by atoms with Gasteiger partial charge in [0.2, 0.25) is 0 Å². The van der Waals surface area contributed by atoms with Crippen molar-refractivity contribution in [2.75, 3.05) is 0 Å². The van der Waals surface area contributed by atoms with Crippen LogP contribution in [0.1, 0.15) is 57.1 Å². The first-order valence-corrected chi connectivity index (χ1v) is 13.7. The molecule has 0 spiro atoms. The van der Waals surface area contributed by atoms with Crippen molar-refractivity contribution in [2.24, 2.45) is 0 Å². The average Bonchev–Trinajstić information content (AvgIpc) is 3.00. The second kappa shape index (κ2) is 8.13. The van der Waals surface area contributed by atoms with Crippen LogP contribution in [0.2, 0.25) is 18.1 Å². The van der Waals surface area contributed by atoms with Crippen LogP contribution in [0.3, 0.4) is 0 Å². The van der Waals surface area contributed by atoms with Gasteiger partial charge in [0.25, 0.3) is 0 Å². The number of hydrogen-bond donors (Lipinski definition) is 1. The lowest BCUT2D eigenvalue weighted by Crippen LogP contribution is -2.52. The summed E-state index contributed by atoms with van der Waals surface area (Å²) in [6.45, 7) is 14.5. The smallest absolute Gasteiger partial charge is 0.315 e. The van der Waals surface area contributed by atoms with Gasteiger partial charge in [-0.15, -0.1) is 0 Å². The highest BCUT2D eigenvalue weighted by Gasteiger charge is 2.51. The monoisotopic (exact) mass is 447 g/mol. The number of halogens is 1. The van der Waals surface area contributed by atoms with Gasteiger partial charge in [-0.3, -0.25) is 9.78 Å². The molecule has 1 saturated carbocycles. The van der Waals surface area contributed by atoms with Crippen LogP contribution >= 0.6 is 0 Å². The Balaban J connectivity index is 1.85. The molecule has 0 saturated heterocycles. The van der Waals surface area contributed by atoms with Gasteiger partial charge in [-0.05, 0) is 57.0 Å². The molecular weight excluding hydrogens is 413 g/mol. The van der Waals surface area contributed by atoms with E-state index in [0.29, 0.717) is 17.9 Å². The number of nitrogens with zero attached hydrogens (tertiary/aromatic N) is 3. The maximum absolute atomic E-state index is 15.3. The molecule has 0 bridgehead atoms. The van der Waals surface area contributed by atoms with Crippen molar-refractivity contribution in [3.8, 4) is 5.82 Å². The van der Waals surface area contributed by atoms with Gasteiger partial charge in [0.1, 0.15) is 11.6 Å². The Kier molecular flexibility index (Phi) is 6.19. The number of hydrogen-bond acceptors (Lipinski definition) is 4. The van der Waals surface area contributed by atoms with E-state index >= 15 is 4.39 Å². The minimum absolute atomic E-state index is 0.0376. The van der Waals surface area contributed by atoms with E-state index in [1.54, 1.807) is 6.20 Å². The fourth-order valence-electron chi connectivity index (χ4n) is 4.07. The summed E-state index contributed by atoms with van der Waals surface area (Å²) in [5.41, 5.74) is 0.942. The molecule has 8 heteroatoms. The lowest BCUT2D eigenvalue weighted by Gasteiger charge is -2.44. The van der Waals surface area contributed by atoms with E-state index in [1.807, 2.05) is 30.5 Å². The molecule has 170 valence electrons. The number of aliphatic carboxylic acids is 1. The number of aryl methyl sites for hydroxylation is 2. The zero-order valence-corrected chi connectivity index (χ0v) is 20.6. The van der Waals surface area contributed by atoms with Crippen LogP contribution in [-0.4, -0.2) is 46.2 Å². The highest BCUT2D eigenvalue weighted by atomic mass is 28.4. The number of rotatable bonds is 5. The Morgan fingerprint density at radius 3 is 2.29 bits per heavy atom. The molecule has 0 aromatic carbocycles. The lowest BCUT2D eigenvalue weighted by molar-refractivity contribution is -0.148. The number of alkyl halides is 1. The van der Waals surface area contributed by atoms with E-state index < -0.39 is 32.0 Å². The number of aromatic nitrogens is 3. The summed E-state index contributed by atoms with van der Waals surface area (Å²) in [6, 6.07) is 3.97. The Morgan fingerprint density at radius 1 is 1.23 bits per heavy atom. The van der Waals surface area contributed by atoms with E-state index in [-0.39, 0.29) is 17.9 Å². The molecule has 1 aliphatic rings. The molecule has 2 aromatic rings. The third-order valence-corrected chi connectivity index (χ3v) is 11.6. The van der Waals surface area contributed by atoms with Crippen molar-refractivity contribution >= 4 is 14.3 Å². The van der Waals surface area contributed by atoms with E-state index in [1.165, 1.54) is 6.20 Å². The van der Waals surface area contributed by atoms with Crippen LogP contribution in [0.25, 0.3) is 5.82 Å². The molecule has 3 atom stereocenters. The third kappa shape index (κ3) is 4.32. The molecule has 0 radical (unpaired) electrons. The van der Waals surface area contributed by atoms with E-state index in [9.17, 15) is 9.90 Å². The van der Waals surface area contributed by atoms with Crippen molar-refractivity contribution in [2.45, 2.75) is 89.7 Å². The van der Waals surface area contributed by atoms with Crippen LogP contribution in [0, 0.1) is 13.8 Å². The van der Waals surface area contributed by atoms with Gasteiger partial charge in [0, 0.05) is 17.8 Å². The van der Waals surface area contributed by atoms with Crippen molar-refractivity contribution in [3.63, 3.8) is 0 Å². The highest BCUT2D eigenvalue weighted by molar-refractivity contribution is 6.74. The normalized spacial score (nSPS) is 24.9. The number of carboxylic acid groups (broad SMARTS) is 1. The molecule has 2 heterocycles. The molecule has 1 fully saturated rings. The summed E-state index contributed by atoms with van der Waals surface area (Å²) in [7, 11) is -2.15. The Bertz CT molecular complexity index is 932. The second-order valence-electron chi connectivity index (χ2n) is 10.3. The maximum atomic E-state index is 15.3. The zero-order chi connectivity index (χ0) is 23.2. The van der Waals surface area contributed by atoms with Gasteiger partial charge in [-0.25, -0.2) is 9.37 Å². The predicted molar refractivity (Wildman–Crippen MR) is 121 cm³/mol. The first kappa shape index (κ1) is 23.6. The van der Waals surface area contributed by atoms with Gasteiger partial charge < -0.3 is 14.1 Å².